The van der Waals surface area contributed by atoms with Crippen LogP contribution in [-0.2, 0) is 6.42 Å². The molecule has 0 aliphatic carbocycles. The van der Waals surface area contributed by atoms with Crippen molar-refractivity contribution >= 4 is 15.9 Å². The Morgan fingerprint density at radius 1 is 1.17 bits per heavy atom. The fourth-order valence-electron chi connectivity index (χ4n) is 1.99. The van der Waals surface area contributed by atoms with Gasteiger partial charge in [0.25, 0.3) is 0 Å². The molecule has 2 unspecified atom stereocenters. The minimum absolute atomic E-state index is 0.384. The van der Waals surface area contributed by atoms with Crippen LogP contribution in [-0.4, -0.2) is 13.1 Å². The molecule has 0 heterocycles. The Morgan fingerprint density at radius 2 is 1.72 bits per heavy atom. The van der Waals surface area contributed by atoms with E-state index in [2.05, 4.69) is 80.3 Å². The van der Waals surface area contributed by atoms with Crippen molar-refractivity contribution in [3.63, 3.8) is 0 Å². The molecule has 2 atom stereocenters. The van der Waals surface area contributed by atoms with Gasteiger partial charge in [-0.25, -0.2) is 0 Å². The van der Waals surface area contributed by atoms with E-state index in [-0.39, 0.29) is 0 Å². The summed E-state index contributed by atoms with van der Waals surface area (Å²) in [4.78, 5) is 0. The lowest BCUT2D eigenvalue weighted by Gasteiger charge is -2.30. The number of nitrogens with one attached hydrogen (secondary N) is 1. The summed E-state index contributed by atoms with van der Waals surface area (Å²) in [6.45, 7) is 9.32. The van der Waals surface area contributed by atoms with Gasteiger partial charge in [0.1, 0.15) is 0 Å². The van der Waals surface area contributed by atoms with Gasteiger partial charge in [0.2, 0.25) is 0 Å². The first-order valence-corrected chi connectivity index (χ1v) is 7.54. The predicted molar refractivity (Wildman–Crippen MR) is 83.9 cm³/mol. The molecule has 0 aliphatic rings. The normalized spacial score (nSPS) is 15.4. The zero-order chi connectivity index (χ0) is 13.8. The maximum Gasteiger partial charge on any atom is 0.0175 e. The van der Waals surface area contributed by atoms with Gasteiger partial charge in [-0.05, 0) is 48.9 Å². The van der Waals surface area contributed by atoms with Crippen molar-refractivity contribution < 1.29 is 0 Å². The number of hydrogen-bond donors (Lipinski definition) is 1. The van der Waals surface area contributed by atoms with Gasteiger partial charge in [-0.2, -0.15) is 0 Å². The van der Waals surface area contributed by atoms with Crippen molar-refractivity contribution in [1.29, 1.82) is 0 Å². The van der Waals surface area contributed by atoms with Gasteiger partial charge in [0, 0.05) is 10.5 Å². The largest absolute Gasteiger partial charge is 0.317 e. The summed E-state index contributed by atoms with van der Waals surface area (Å²) in [5.74, 6) is 0.713. The fraction of sp³-hybridized carbons (Fsp3) is 0.625. The second kappa shape index (κ2) is 6.72. The van der Waals surface area contributed by atoms with Crippen LogP contribution in [0.25, 0.3) is 0 Å². The van der Waals surface area contributed by atoms with Crippen molar-refractivity contribution in [3.8, 4) is 0 Å². The molecule has 102 valence electrons. The van der Waals surface area contributed by atoms with Crippen LogP contribution in [0.1, 0.15) is 39.7 Å². The molecule has 2 heteroatoms. The van der Waals surface area contributed by atoms with E-state index in [0.717, 1.165) is 10.9 Å². The molecule has 0 fully saturated rings. The van der Waals surface area contributed by atoms with Crippen LogP contribution in [0.3, 0.4) is 0 Å². The summed E-state index contributed by atoms with van der Waals surface area (Å²) in [5.41, 5.74) is 1.79. The molecule has 0 saturated heterocycles. The Kier molecular flexibility index (Phi) is 5.87. The number of benzene rings is 1. The molecule has 1 rings (SSSR count). The van der Waals surface area contributed by atoms with E-state index in [1.807, 2.05) is 0 Å². The first kappa shape index (κ1) is 15.7. The monoisotopic (exact) mass is 311 g/mol. The highest BCUT2D eigenvalue weighted by atomic mass is 79.9. The van der Waals surface area contributed by atoms with Crippen LogP contribution in [0.5, 0.6) is 0 Å². The Bertz CT molecular complexity index is 350. The molecule has 0 saturated carbocycles. The third kappa shape index (κ3) is 5.11. The van der Waals surface area contributed by atoms with Gasteiger partial charge in [0.05, 0.1) is 0 Å². The molecule has 1 N–H and O–H groups in total. The van der Waals surface area contributed by atoms with Gasteiger partial charge in [-0.1, -0.05) is 55.8 Å². The van der Waals surface area contributed by atoms with Crippen LogP contribution in [0.15, 0.2) is 28.7 Å². The molecule has 0 aliphatic heterocycles. The lowest BCUT2D eigenvalue weighted by molar-refractivity contribution is 0.225. The third-order valence-corrected chi connectivity index (χ3v) is 4.45. The first-order valence-electron chi connectivity index (χ1n) is 6.74. The SMILES string of the molecule is CNC(Cc1ccc(Br)cc1)CC(C)C(C)(C)C. The van der Waals surface area contributed by atoms with E-state index in [1.54, 1.807) is 0 Å². The van der Waals surface area contributed by atoms with Crippen LogP contribution in [0, 0.1) is 11.3 Å². The Morgan fingerprint density at radius 3 is 2.17 bits per heavy atom. The molecule has 0 amide bonds. The molecule has 18 heavy (non-hydrogen) atoms. The summed E-state index contributed by atoms with van der Waals surface area (Å²) >= 11 is 3.48. The summed E-state index contributed by atoms with van der Waals surface area (Å²) in [6.07, 6.45) is 2.32. The quantitative estimate of drug-likeness (QED) is 0.834. The molecule has 0 spiro atoms. The minimum atomic E-state index is 0.384. The second-order valence-electron chi connectivity index (χ2n) is 6.32. The zero-order valence-electron chi connectivity index (χ0n) is 12.3. The van der Waals surface area contributed by atoms with E-state index in [0.29, 0.717) is 17.4 Å². The fourth-order valence-corrected chi connectivity index (χ4v) is 2.25. The Labute approximate surface area is 120 Å². The summed E-state index contributed by atoms with van der Waals surface area (Å²) in [5, 5.41) is 3.46. The van der Waals surface area contributed by atoms with E-state index in [9.17, 15) is 0 Å². The molecular formula is C16H26BrN. The van der Waals surface area contributed by atoms with Crippen LogP contribution >= 0.6 is 15.9 Å². The van der Waals surface area contributed by atoms with Gasteiger partial charge < -0.3 is 5.32 Å². The number of likely N-dealkylation sites (N-methyl/N-ethyl adjacent to an activating group) is 1. The molecule has 1 nitrogen and oxygen atoms in total. The highest BCUT2D eigenvalue weighted by molar-refractivity contribution is 9.10. The lowest BCUT2D eigenvalue weighted by atomic mass is 9.78. The maximum absolute atomic E-state index is 3.48. The molecule has 0 bridgehead atoms. The van der Waals surface area contributed by atoms with Gasteiger partial charge >= 0.3 is 0 Å². The average molecular weight is 312 g/mol. The number of hydrogen-bond acceptors (Lipinski definition) is 1. The lowest BCUT2D eigenvalue weighted by Crippen LogP contribution is -2.33. The second-order valence-corrected chi connectivity index (χ2v) is 7.23. The third-order valence-electron chi connectivity index (χ3n) is 3.92. The smallest absolute Gasteiger partial charge is 0.0175 e. The summed E-state index contributed by atoms with van der Waals surface area (Å²) in [6, 6.07) is 9.21. The topological polar surface area (TPSA) is 12.0 Å². The van der Waals surface area contributed by atoms with E-state index in [4.69, 9.17) is 0 Å². The molecule has 0 radical (unpaired) electrons. The average Bonchev–Trinajstić information content (AvgIpc) is 2.29. The van der Waals surface area contributed by atoms with E-state index in [1.165, 1.54) is 12.0 Å². The van der Waals surface area contributed by atoms with Gasteiger partial charge in [-0.3, -0.25) is 0 Å². The standard InChI is InChI=1S/C16H26BrN/c1-12(16(2,3)4)10-15(18-5)11-13-6-8-14(17)9-7-13/h6-9,12,15,18H,10-11H2,1-5H3. The van der Waals surface area contributed by atoms with Gasteiger partial charge in [0.15, 0.2) is 0 Å². The molecule has 1 aromatic carbocycles. The summed E-state index contributed by atoms with van der Waals surface area (Å²) < 4.78 is 1.15. The Hall–Kier alpha value is -0.340. The molecular weight excluding hydrogens is 286 g/mol. The van der Waals surface area contributed by atoms with Crippen LogP contribution in [0.2, 0.25) is 0 Å². The highest BCUT2D eigenvalue weighted by Gasteiger charge is 2.23. The van der Waals surface area contributed by atoms with Crippen LogP contribution in [0.4, 0.5) is 0 Å². The van der Waals surface area contributed by atoms with E-state index >= 15 is 0 Å². The number of halogens is 1. The van der Waals surface area contributed by atoms with Crippen molar-refractivity contribution in [2.24, 2.45) is 11.3 Å². The van der Waals surface area contributed by atoms with Crippen molar-refractivity contribution in [2.45, 2.75) is 46.6 Å². The van der Waals surface area contributed by atoms with E-state index < -0.39 is 0 Å². The number of rotatable bonds is 5. The highest BCUT2D eigenvalue weighted by Crippen LogP contribution is 2.29. The Balaban J connectivity index is 2.59. The molecule has 1 aromatic rings. The van der Waals surface area contributed by atoms with Gasteiger partial charge in [-0.15, -0.1) is 0 Å². The minimum Gasteiger partial charge on any atom is -0.317 e. The van der Waals surface area contributed by atoms with Crippen molar-refractivity contribution in [1.82, 2.24) is 5.32 Å². The van der Waals surface area contributed by atoms with Crippen molar-refractivity contribution in [3.05, 3.63) is 34.3 Å². The zero-order valence-corrected chi connectivity index (χ0v) is 13.8. The first-order chi connectivity index (χ1) is 8.32. The molecule has 0 aromatic heterocycles. The maximum atomic E-state index is 3.48. The summed E-state index contributed by atoms with van der Waals surface area (Å²) in [7, 11) is 2.07. The van der Waals surface area contributed by atoms with Crippen molar-refractivity contribution in [2.75, 3.05) is 7.05 Å². The predicted octanol–water partition coefficient (Wildman–Crippen LogP) is 4.65. The van der Waals surface area contributed by atoms with Crippen LogP contribution < -0.4 is 5.32 Å².